The lowest BCUT2D eigenvalue weighted by Gasteiger charge is -2.32. The summed E-state index contributed by atoms with van der Waals surface area (Å²) in [6.07, 6.45) is 3.65. The van der Waals surface area contributed by atoms with E-state index in [-0.39, 0.29) is 5.60 Å². The van der Waals surface area contributed by atoms with E-state index in [9.17, 15) is 0 Å². The van der Waals surface area contributed by atoms with Crippen LogP contribution in [0.5, 0.6) is 0 Å². The van der Waals surface area contributed by atoms with Crippen LogP contribution in [0.4, 0.5) is 0 Å². The van der Waals surface area contributed by atoms with Gasteiger partial charge in [-0.2, -0.15) is 0 Å². The van der Waals surface area contributed by atoms with Gasteiger partial charge in [-0.25, -0.2) is 9.97 Å². The largest absolute Gasteiger partial charge is 0.381 e. The molecule has 0 unspecified atom stereocenters. The Hall–Kier alpha value is -0.360. The smallest absolute Gasteiger partial charge is 0.189 e. The van der Waals surface area contributed by atoms with E-state index in [4.69, 9.17) is 21.1 Å². The summed E-state index contributed by atoms with van der Waals surface area (Å²) in [4.78, 5) is 8.84. The Morgan fingerprint density at radius 1 is 1.29 bits per heavy atom. The number of nitrogens with zero attached hydrogens (tertiary/aromatic N) is 2. The topological polar surface area (TPSA) is 44.2 Å². The van der Waals surface area contributed by atoms with E-state index in [1.807, 2.05) is 6.26 Å². The molecule has 0 saturated carbocycles. The zero-order chi connectivity index (χ0) is 11.9. The molecule has 0 bridgehead atoms. The standard InChI is InChI=1S/C11H13ClN2O2S/c1-17-10-13-8-7(9(12)14-10)6-16-11(8)2-4-15-5-3-11/h2-6H2,1H3. The fraction of sp³-hybridized carbons (Fsp3) is 0.636. The predicted octanol–water partition coefficient (Wildman–Crippen LogP) is 2.39. The molecule has 0 aromatic carbocycles. The van der Waals surface area contributed by atoms with E-state index in [1.165, 1.54) is 11.8 Å². The summed E-state index contributed by atoms with van der Waals surface area (Å²) in [6, 6.07) is 0. The van der Waals surface area contributed by atoms with Crippen molar-refractivity contribution in [3.63, 3.8) is 0 Å². The van der Waals surface area contributed by atoms with Crippen LogP contribution in [0.15, 0.2) is 5.16 Å². The summed E-state index contributed by atoms with van der Waals surface area (Å²) in [5, 5.41) is 1.24. The molecule has 1 saturated heterocycles. The summed E-state index contributed by atoms with van der Waals surface area (Å²) < 4.78 is 11.4. The minimum Gasteiger partial charge on any atom is -0.381 e. The molecule has 0 radical (unpaired) electrons. The Bertz CT molecular complexity index is 449. The van der Waals surface area contributed by atoms with E-state index in [1.54, 1.807) is 0 Å². The molecule has 1 fully saturated rings. The van der Waals surface area contributed by atoms with Crippen LogP contribution in [-0.4, -0.2) is 29.4 Å². The van der Waals surface area contributed by atoms with Gasteiger partial charge < -0.3 is 9.47 Å². The van der Waals surface area contributed by atoms with E-state index in [0.717, 1.165) is 37.3 Å². The molecule has 0 atom stereocenters. The molecule has 2 aliphatic rings. The second-order valence-corrected chi connectivity index (χ2v) is 5.36. The number of aromatic nitrogens is 2. The van der Waals surface area contributed by atoms with Crippen molar-refractivity contribution >= 4 is 23.4 Å². The van der Waals surface area contributed by atoms with Crippen LogP contribution in [0.3, 0.4) is 0 Å². The fourth-order valence-electron chi connectivity index (χ4n) is 2.39. The van der Waals surface area contributed by atoms with E-state index in [2.05, 4.69) is 9.97 Å². The number of thioether (sulfide) groups is 1. The first-order valence-electron chi connectivity index (χ1n) is 5.58. The van der Waals surface area contributed by atoms with Crippen molar-refractivity contribution in [1.29, 1.82) is 0 Å². The summed E-state index contributed by atoms with van der Waals surface area (Å²) in [6.45, 7) is 1.95. The second-order valence-electron chi connectivity index (χ2n) is 4.22. The van der Waals surface area contributed by atoms with Crippen LogP contribution in [0.1, 0.15) is 24.1 Å². The third kappa shape index (κ3) is 1.85. The highest BCUT2D eigenvalue weighted by Gasteiger charge is 2.44. The van der Waals surface area contributed by atoms with Gasteiger partial charge in [0.1, 0.15) is 10.8 Å². The number of ether oxygens (including phenoxy) is 2. The van der Waals surface area contributed by atoms with Crippen LogP contribution in [-0.2, 0) is 21.7 Å². The zero-order valence-corrected chi connectivity index (χ0v) is 11.1. The highest BCUT2D eigenvalue weighted by molar-refractivity contribution is 7.98. The molecule has 3 rings (SSSR count). The number of rotatable bonds is 1. The lowest BCUT2D eigenvalue weighted by Crippen LogP contribution is -2.34. The molecule has 0 amide bonds. The van der Waals surface area contributed by atoms with Gasteiger partial charge in [0.2, 0.25) is 0 Å². The third-order valence-corrected chi connectivity index (χ3v) is 4.20. The highest BCUT2D eigenvalue weighted by atomic mass is 35.5. The maximum atomic E-state index is 6.18. The Morgan fingerprint density at radius 3 is 2.76 bits per heavy atom. The van der Waals surface area contributed by atoms with Gasteiger partial charge >= 0.3 is 0 Å². The van der Waals surface area contributed by atoms with Crippen LogP contribution >= 0.6 is 23.4 Å². The van der Waals surface area contributed by atoms with Gasteiger partial charge in [0.25, 0.3) is 0 Å². The molecule has 0 aliphatic carbocycles. The lowest BCUT2D eigenvalue weighted by molar-refractivity contribution is -0.109. The van der Waals surface area contributed by atoms with Crippen molar-refractivity contribution in [3.8, 4) is 0 Å². The van der Waals surface area contributed by atoms with Gasteiger partial charge in [0, 0.05) is 31.6 Å². The molecule has 92 valence electrons. The van der Waals surface area contributed by atoms with Gasteiger partial charge in [-0.3, -0.25) is 0 Å². The average molecular weight is 273 g/mol. The maximum Gasteiger partial charge on any atom is 0.189 e. The number of halogens is 1. The molecule has 1 aromatic rings. The first-order chi connectivity index (χ1) is 8.25. The Labute approximate surface area is 109 Å². The van der Waals surface area contributed by atoms with Crippen LogP contribution in [0.2, 0.25) is 5.15 Å². The number of fused-ring (bicyclic) bond motifs is 2. The summed E-state index contributed by atoms with van der Waals surface area (Å²) >= 11 is 7.68. The van der Waals surface area contributed by atoms with Crippen LogP contribution in [0.25, 0.3) is 0 Å². The molecule has 2 aliphatic heterocycles. The molecule has 1 aromatic heterocycles. The monoisotopic (exact) mass is 272 g/mol. The Kier molecular flexibility index (Phi) is 3.02. The fourth-order valence-corrected chi connectivity index (χ4v) is 3.03. The minimum absolute atomic E-state index is 0.287. The molecule has 4 nitrogen and oxygen atoms in total. The van der Waals surface area contributed by atoms with Crippen molar-refractivity contribution in [3.05, 3.63) is 16.4 Å². The molecule has 0 N–H and O–H groups in total. The molecule has 6 heteroatoms. The summed E-state index contributed by atoms with van der Waals surface area (Å²) in [5.41, 5.74) is 1.64. The molecular formula is C11H13ClN2O2S. The number of hydrogen-bond donors (Lipinski definition) is 0. The third-order valence-electron chi connectivity index (χ3n) is 3.34. The van der Waals surface area contributed by atoms with E-state index < -0.39 is 0 Å². The van der Waals surface area contributed by atoms with E-state index >= 15 is 0 Å². The molecular weight excluding hydrogens is 260 g/mol. The predicted molar refractivity (Wildman–Crippen MR) is 65.3 cm³/mol. The lowest BCUT2D eigenvalue weighted by atomic mass is 9.90. The van der Waals surface area contributed by atoms with Gasteiger partial charge in [-0.1, -0.05) is 23.4 Å². The summed E-state index contributed by atoms with van der Waals surface area (Å²) in [5.74, 6) is 0. The highest BCUT2D eigenvalue weighted by Crippen LogP contribution is 2.44. The molecule has 17 heavy (non-hydrogen) atoms. The average Bonchev–Trinajstić information content (AvgIpc) is 2.70. The van der Waals surface area contributed by atoms with Crippen molar-refractivity contribution in [1.82, 2.24) is 9.97 Å². The first-order valence-corrected chi connectivity index (χ1v) is 7.18. The molecule has 1 spiro atoms. The second kappa shape index (κ2) is 4.39. The van der Waals surface area contributed by atoms with Gasteiger partial charge in [-0.15, -0.1) is 0 Å². The minimum atomic E-state index is -0.287. The van der Waals surface area contributed by atoms with Crippen molar-refractivity contribution in [2.45, 2.75) is 30.2 Å². The Balaban J connectivity index is 2.08. The normalized spacial score (nSPS) is 21.8. The van der Waals surface area contributed by atoms with E-state index in [0.29, 0.717) is 16.9 Å². The zero-order valence-electron chi connectivity index (χ0n) is 9.53. The van der Waals surface area contributed by atoms with Crippen molar-refractivity contribution in [2.24, 2.45) is 0 Å². The van der Waals surface area contributed by atoms with Gasteiger partial charge in [-0.05, 0) is 6.26 Å². The van der Waals surface area contributed by atoms with Gasteiger partial charge in [0.15, 0.2) is 5.16 Å². The number of hydrogen-bond acceptors (Lipinski definition) is 5. The van der Waals surface area contributed by atoms with Crippen molar-refractivity contribution in [2.75, 3.05) is 19.5 Å². The molecule has 3 heterocycles. The Morgan fingerprint density at radius 2 is 2.06 bits per heavy atom. The summed E-state index contributed by atoms with van der Waals surface area (Å²) in [7, 11) is 0. The van der Waals surface area contributed by atoms with Crippen molar-refractivity contribution < 1.29 is 9.47 Å². The van der Waals surface area contributed by atoms with Crippen LogP contribution in [0, 0.1) is 0 Å². The first kappa shape index (κ1) is 11.7. The van der Waals surface area contributed by atoms with Gasteiger partial charge in [0.05, 0.1) is 12.3 Å². The SMILES string of the molecule is CSc1nc(Cl)c2c(n1)C1(CCOCC1)OC2. The van der Waals surface area contributed by atoms with Crippen LogP contribution < -0.4 is 0 Å². The maximum absolute atomic E-state index is 6.18. The quantitative estimate of drug-likeness (QED) is 0.446.